The predicted octanol–water partition coefficient (Wildman–Crippen LogP) is 13.4. The van der Waals surface area contributed by atoms with Gasteiger partial charge in [-0.25, -0.2) is 0 Å². The third kappa shape index (κ3) is 8.21. The number of aromatic nitrogens is 3. The third-order valence-corrected chi connectivity index (χ3v) is 12.4. The molecule has 58 heavy (non-hydrogen) atoms. The average molecular weight is 954 g/mol. The van der Waals surface area contributed by atoms with Gasteiger partial charge >= 0.3 is 0 Å². The summed E-state index contributed by atoms with van der Waals surface area (Å²) < 4.78 is 15.0. The van der Waals surface area contributed by atoms with Crippen LogP contribution in [0, 0.1) is 12.1 Å². The van der Waals surface area contributed by atoms with Crippen molar-refractivity contribution >= 4 is 24.3 Å². The first-order valence-corrected chi connectivity index (χ1v) is 23.2. The van der Waals surface area contributed by atoms with Gasteiger partial charge in [0.2, 0.25) is 0 Å². The number of hydrogen-bond acceptors (Lipinski definition) is 4. The van der Waals surface area contributed by atoms with Crippen LogP contribution in [0.2, 0.25) is 19.6 Å². The monoisotopic (exact) mass is 954 g/mol. The summed E-state index contributed by atoms with van der Waals surface area (Å²) in [6.45, 7) is 16.1. The van der Waals surface area contributed by atoms with Gasteiger partial charge in [-0.2, -0.15) is 0 Å². The first-order valence-electron chi connectivity index (χ1n) is 19.7. The van der Waals surface area contributed by atoms with E-state index in [9.17, 15) is 0 Å². The zero-order chi connectivity index (χ0) is 39.7. The molecular formula is C51H47IrN3O2Si-2. The normalized spacial score (nSPS) is 11.8. The maximum Gasteiger partial charge on any atom is 0.166 e. The molecule has 0 aliphatic carbocycles. The van der Waals surface area contributed by atoms with Gasteiger partial charge in [0.15, 0.2) is 11.5 Å². The van der Waals surface area contributed by atoms with Gasteiger partial charge < -0.3 is 19.0 Å². The van der Waals surface area contributed by atoms with Gasteiger partial charge in [0, 0.05) is 32.0 Å². The van der Waals surface area contributed by atoms with Crippen LogP contribution in [0.5, 0.6) is 23.0 Å². The van der Waals surface area contributed by atoms with Crippen LogP contribution in [0.4, 0.5) is 0 Å². The Hall–Kier alpha value is -5.59. The second-order valence-corrected chi connectivity index (χ2v) is 21.2. The van der Waals surface area contributed by atoms with E-state index in [0.29, 0.717) is 23.0 Å². The molecule has 5 nitrogen and oxygen atoms in total. The third-order valence-electron chi connectivity index (χ3n) is 10.3. The van der Waals surface area contributed by atoms with E-state index >= 15 is 0 Å². The Kier molecular flexibility index (Phi) is 12.0. The van der Waals surface area contributed by atoms with Gasteiger partial charge in [0.25, 0.3) is 0 Å². The molecule has 3 heterocycles. The van der Waals surface area contributed by atoms with Crippen molar-refractivity contribution < 1.29 is 29.6 Å². The minimum absolute atomic E-state index is 0. The van der Waals surface area contributed by atoms with Gasteiger partial charge in [-0.1, -0.05) is 126 Å². The fourth-order valence-electron chi connectivity index (χ4n) is 7.25. The maximum atomic E-state index is 6.47. The van der Waals surface area contributed by atoms with Crippen molar-refractivity contribution in [1.82, 2.24) is 14.5 Å². The van der Waals surface area contributed by atoms with Crippen LogP contribution in [-0.2, 0) is 20.1 Å². The Morgan fingerprint density at radius 2 is 1.28 bits per heavy atom. The van der Waals surface area contributed by atoms with Crippen LogP contribution < -0.4 is 14.7 Å². The van der Waals surface area contributed by atoms with Gasteiger partial charge in [-0.15, -0.1) is 48.0 Å². The van der Waals surface area contributed by atoms with Crippen LogP contribution >= 0.6 is 0 Å². The summed E-state index contributed by atoms with van der Waals surface area (Å²) in [5.41, 5.74) is 10.9. The molecule has 7 heteroatoms. The molecule has 1 aliphatic heterocycles. The minimum atomic E-state index is -1.23. The number of rotatable bonds is 7. The van der Waals surface area contributed by atoms with Crippen LogP contribution in [-0.4, -0.2) is 22.6 Å². The fourth-order valence-corrected chi connectivity index (χ4v) is 8.28. The topological polar surface area (TPSA) is 49.2 Å². The Balaban J connectivity index is 0.000000254. The summed E-state index contributed by atoms with van der Waals surface area (Å²) in [5.74, 6) is 4.00. The van der Waals surface area contributed by atoms with E-state index in [0.717, 1.165) is 33.7 Å². The van der Waals surface area contributed by atoms with E-state index in [-0.39, 0.29) is 31.9 Å². The van der Waals surface area contributed by atoms with Crippen molar-refractivity contribution in [3.05, 3.63) is 169 Å². The Bertz CT molecular complexity index is 2640. The maximum absolute atomic E-state index is 6.47. The summed E-state index contributed by atoms with van der Waals surface area (Å²) in [7, 11) is -1.23. The molecule has 6 aromatic carbocycles. The van der Waals surface area contributed by atoms with Crippen LogP contribution in [0.1, 0.15) is 50.7 Å². The number of hydrogen-bond donors (Lipinski definition) is 0. The first kappa shape index (κ1) is 40.6. The molecule has 0 saturated heterocycles. The molecule has 0 amide bonds. The van der Waals surface area contributed by atoms with Crippen molar-refractivity contribution in [3.8, 4) is 62.5 Å². The predicted molar refractivity (Wildman–Crippen MR) is 237 cm³/mol. The number of benzene rings is 6. The largest absolute Gasteiger partial charge is 0.494 e. The molecule has 2 aromatic heterocycles. The smallest absolute Gasteiger partial charge is 0.166 e. The van der Waals surface area contributed by atoms with Crippen molar-refractivity contribution in [2.45, 2.75) is 59.2 Å². The first-order chi connectivity index (χ1) is 27.6. The number of fused-ring (bicyclic) bond motifs is 3. The van der Waals surface area contributed by atoms with Crippen molar-refractivity contribution in [3.63, 3.8) is 0 Å². The number of para-hydroxylation sites is 4. The van der Waals surface area contributed by atoms with Crippen molar-refractivity contribution in [1.29, 1.82) is 0 Å². The molecule has 293 valence electrons. The molecule has 0 unspecified atom stereocenters. The molecule has 1 radical (unpaired) electrons. The average Bonchev–Trinajstić information content (AvgIpc) is 3.62. The molecule has 1 aliphatic rings. The SMILES string of the molecule is CC(C)c1cc(-c2ccccc2)cc(C(C)C)c1-n1c(-c2[c-]ccc3c2Oc2ccccc2O3)nc2ccccc21.C[Si](C)(C)c1ccc(-c2[c-]cccc2)nc1.[Ir]. The van der Waals surface area contributed by atoms with Crippen molar-refractivity contribution in [2.75, 3.05) is 0 Å². The van der Waals surface area contributed by atoms with E-state index in [1.807, 2.05) is 72.9 Å². The molecular weight excluding hydrogens is 907 g/mol. The van der Waals surface area contributed by atoms with Crippen LogP contribution in [0.15, 0.2) is 146 Å². The van der Waals surface area contributed by atoms with Crippen molar-refractivity contribution in [2.24, 2.45) is 0 Å². The van der Waals surface area contributed by atoms with E-state index < -0.39 is 8.07 Å². The summed E-state index contributed by atoms with van der Waals surface area (Å²) in [6.07, 6.45) is 2.02. The zero-order valence-electron chi connectivity index (χ0n) is 34.0. The Morgan fingerprint density at radius 3 is 1.91 bits per heavy atom. The van der Waals surface area contributed by atoms with Crippen LogP contribution in [0.25, 0.3) is 50.5 Å². The number of nitrogens with zero attached hydrogens (tertiary/aromatic N) is 3. The number of pyridine rings is 1. The van der Waals surface area contributed by atoms with Gasteiger partial charge in [-0.05, 0) is 81.4 Å². The number of imidazole rings is 1. The minimum Gasteiger partial charge on any atom is -0.494 e. The van der Waals surface area contributed by atoms with E-state index in [1.54, 1.807) is 0 Å². The van der Waals surface area contributed by atoms with Gasteiger partial charge in [-0.3, -0.25) is 4.98 Å². The molecule has 9 rings (SSSR count). The van der Waals surface area contributed by atoms with E-state index in [1.165, 1.54) is 33.1 Å². The fraction of sp³-hybridized carbons (Fsp3) is 0.176. The summed E-state index contributed by atoms with van der Waals surface area (Å²) in [6, 6.07) is 54.1. The summed E-state index contributed by atoms with van der Waals surface area (Å²) in [5, 5.41) is 1.40. The van der Waals surface area contributed by atoms with Gasteiger partial charge in [0.1, 0.15) is 0 Å². The molecule has 0 spiro atoms. The summed E-state index contributed by atoms with van der Waals surface area (Å²) >= 11 is 0. The molecule has 0 bridgehead atoms. The molecule has 0 atom stereocenters. The zero-order valence-corrected chi connectivity index (χ0v) is 37.4. The number of ether oxygens (including phenoxy) is 2. The quantitative estimate of drug-likeness (QED) is 0.118. The Labute approximate surface area is 357 Å². The second kappa shape index (κ2) is 17.1. The van der Waals surface area contributed by atoms with Gasteiger partial charge in [0.05, 0.1) is 36.4 Å². The summed E-state index contributed by atoms with van der Waals surface area (Å²) in [4.78, 5) is 9.72. The molecule has 0 saturated carbocycles. The van der Waals surface area contributed by atoms with E-state index in [2.05, 4.69) is 142 Å². The Morgan fingerprint density at radius 1 is 0.621 bits per heavy atom. The molecule has 0 N–H and O–H groups in total. The molecule has 0 fully saturated rings. The second-order valence-electron chi connectivity index (χ2n) is 16.1. The molecule has 8 aromatic rings. The van der Waals surface area contributed by atoms with E-state index in [4.69, 9.17) is 14.5 Å². The van der Waals surface area contributed by atoms with Crippen LogP contribution in [0.3, 0.4) is 0 Å². The standard InChI is InChI=1S/C37H31N2O2.C14H16NSi.Ir/c1-23(2)28-21-26(25-13-6-5-7-14-25)22-29(24(3)4)35(28)39-31-17-9-8-16-30(31)38-37(39)27-15-12-20-34-36(27)41-33-19-11-10-18-32(33)40-34;1-16(2,3)13-9-10-14(15-11-13)12-7-5-4-6-8-12;/h5-14,16-24H,1-4H3;4-7,9-11H,1-3H3;/q2*-1;.